The van der Waals surface area contributed by atoms with Crippen LogP contribution in [0.25, 0.3) is 0 Å². The highest BCUT2D eigenvalue weighted by Crippen LogP contribution is 2.43. The number of hydrogen-bond acceptors (Lipinski definition) is 0. The highest BCUT2D eigenvalue weighted by Gasteiger charge is 2.30. The van der Waals surface area contributed by atoms with Gasteiger partial charge in [0.15, 0.2) is 0 Å². The minimum Gasteiger partial charge on any atom is -0.0876 e. The molecule has 0 aliphatic carbocycles. The smallest absolute Gasteiger partial charge is 0.0283 e. The third-order valence-corrected chi connectivity index (χ3v) is 4.05. The van der Waals surface area contributed by atoms with Gasteiger partial charge < -0.3 is 0 Å². The van der Waals surface area contributed by atoms with E-state index in [0.29, 0.717) is 16.7 Å². The van der Waals surface area contributed by atoms with Gasteiger partial charge in [0.1, 0.15) is 0 Å². The van der Waals surface area contributed by atoms with Crippen LogP contribution in [0.2, 0.25) is 0 Å². The lowest BCUT2D eigenvalue weighted by Crippen LogP contribution is -2.23. The molecule has 0 radical (unpaired) electrons. The van der Waals surface area contributed by atoms with Crippen molar-refractivity contribution in [3.05, 3.63) is 35.4 Å². The van der Waals surface area contributed by atoms with Crippen molar-refractivity contribution < 1.29 is 0 Å². The van der Waals surface area contributed by atoms with Gasteiger partial charge >= 0.3 is 0 Å². The number of hydrogen-bond donors (Lipinski definition) is 0. The second kappa shape index (κ2) is 5.77. The first-order chi connectivity index (χ1) is 8.13. The number of alkyl halides is 1. The molecule has 0 aromatic heterocycles. The molecular weight excluding hydrogens is 284 g/mol. The standard InChI is InChI=1S/C17H27Br/c1-16(2,3)11-15(17(4,5)6)14-9-7-13(12-18)8-10-14/h7-10,15H,11-12H2,1-6H3. The lowest BCUT2D eigenvalue weighted by Gasteiger charge is -2.36. The molecule has 1 rings (SSSR count). The van der Waals surface area contributed by atoms with E-state index in [2.05, 4.69) is 81.7 Å². The molecule has 1 heteroatoms. The van der Waals surface area contributed by atoms with Gasteiger partial charge in [0.05, 0.1) is 0 Å². The molecule has 0 N–H and O–H groups in total. The van der Waals surface area contributed by atoms with E-state index < -0.39 is 0 Å². The normalized spacial score (nSPS) is 14.6. The topological polar surface area (TPSA) is 0 Å². The fourth-order valence-corrected chi connectivity index (χ4v) is 2.75. The van der Waals surface area contributed by atoms with Gasteiger partial charge in [-0.15, -0.1) is 0 Å². The van der Waals surface area contributed by atoms with E-state index in [-0.39, 0.29) is 0 Å². The molecule has 0 aliphatic heterocycles. The molecule has 0 aliphatic rings. The zero-order chi connectivity index (χ0) is 14.0. The monoisotopic (exact) mass is 310 g/mol. The Morgan fingerprint density at radius 3 is 1.78 bits per heavy atom. The Labute approximate surface area is 121 Å². The van der Waals surface area contributed by atoms with Gasteiger partial charge in [0.25, 0.3) is 0 Å². The van der Waals surface area contributed by atoms with Crippen LogP contribution in [-0.2, 0) is 5.33 Å². The highest BCUT2D eigenvalue weighted by atomic mass is 79.9. The second-order valence-electron chi connectivity index (χ2n) is 7.56. The lowest BCUT2D eigenvalue weighted by molar-refractivity contribution is 0.229. The van der Waals surface area contributed by atoms with Gasteiger partial charge in [-0.25, -0.2) is 0 Å². The summed E-state index contributed by atoms with van der Waals surface area (Å²) >= 11 is 3.51. The Kier molecular flexibility index (Phi) is 5.05. The van der Waals surface area contributed by atoms with Crippen LogP contribution in [0.15, 0.2) is 24.3 Å². The maximum atomic E-state index is 3.51. The molecule has 0 spiro atoms. The first kappa shape index (κ1) is 15.8. The third kappa shape index (κ3) is 4.76. The minimum atomic E-state index is 0.309. The number of rotatable bonds is 3. The molecule has 1 atom stereocenters. The van der Waals surface area contributed by atoms with Crippen molar-refractivity contribution in [3.63, 3.8) is 0 Å². The van der Waals surface area contributed by atoms with E-state index in [1.807, 2.05) is 0 Å². The Morgan fingerprint density at radius 1 is 0.944 bits per heavy atom. The van der Waals surface area contributed by atoms with Crippen molar-refractivity contribution >= 4 is 15.9 Å². The van der Waals surface area contributed by atoms with E-state index in [0.717, 1.165) is 5.33 Å². The third-order valence-electron chi connectivity index (χ3n) is 3.40. The van der Waals surface area contributed by atoms with Crippen LogP contribution in [0.4, 0.5) is 0 Å². The maximum absolute atomic E-state index is 3.51. The largest absolute Gasteiger partial charge is 0.0876 e. The minimum absolute atomic E-state index is 0.309. The fourth-order valence-electron chi connectivity index (χ4n) is 2.38. The summed E-state index contributed by atoms with van der Waals surface area (Å²) in [4.78, 5) is 0. The molecular formula is C17H27Br. The molecule has 1 aromatic rings. The molecule has 0 bridgehead atoms. The van der Waals surface area contributed by atoms with Crippen LogP contribution >= 0.6 is 15.9 Å². The van der Waals surface area contributed by atoms with Crippen LogP contribution in [0.3, 0.4) is 0 Å². The average molecular weight is 311 g/mol. The zero-order valence-electron chi connectivity index (χ0n) is 12.7. The van der Waals surface area contributed by atoms with Gasteiger partial charge in [-0.3, -0.25) is 0 Å². The SMILES string of the molecule is CC(C)(C)CC(c1ccc(CBr)cc1)C(C)(C)C. The maximum Gasteiger partial charge on any atom is 0.0283 e. The Morgan fingerprint density at radius 2 is 1.44 bits per heavy atom. The van der Waals surface area contributed by atoms with Crippen LogP contribution < -0.4 is 0 Å². The fraction of sp³-hybridized carbons (Fsp3) is 0.647. The summed E-state index contributed by atoms with van der Waals surface area (Å²) in [5, 5.41) is 0.937. The van der Waals surface area contributed by atoms with Crippen molar-refractivity contribution in [3.8, 4) is 0 Å². The van der Waals surface area contributed by atoms with Crippen molar-refractivity contribution in [2.24, 2.45) is 10.8 Å². The van der Waals surface area contributed by atoms with E-state index in [1.54, 1.807) is 0 Å². The number of halogens is 1. The van der Waals surface area contributed by atoms with Gasteiger partial charge in [0, 0.05) is 5.33 Å². The van der Waals surface area contributed by atoms with E-state index in [4.69, 9.17) is 0 Å². The summed E-state index contributed by atoms with van der Waals surface area (Å²) in [5.74, 6) is 0.613. The average Bonchev–Trinajstić information content (AvgIpc) is 2.24. The summed E-state index contributed by atoms with van der Waals surface area (Å²) in [7, 11) is 0. The molecule has 0 saturated carbocycles. The molecule has 18 heavy (non-hydrogen) atoms. The molecule has 0 saturated heterocycles. The van der Waals surface area contributed by atoms with Crippen LogP contribution in [-0.4, -0.2) is 0 Å². The first-order valence-corrected chi connectivity index (χ1v) is 7.90. The summed E-state index contributed by atoms with van der Waals surface area (Å²) in [5.41, 5.74) is 3.50. The quantitative estimate of drug-likeness (QED) is 0.587. The Balaban J connectivity index is 3.02. The number of benzene rings is 1. The van der Waals surface area contributed by atoms with Crippen molar-refractivity contribution in [1.82, 2.24) is 0 Å². The predicted octanol–water partition coefficient (Wildman–Crippen LogP) is 6.15. The van der Waals surface area contributed by atoms with Gasteiger partial charge in [-0.2, -0.15) is 0 Å². The van der Waals surface area contributed by atoms with Gasteiger partial charge in [-0.05, 0) is 34.3 Å². The first-order valence-electron chi connectivity index (χ1n) is 6.78. The molecule has 0 heterocycles. The van der Waals surface area contributed by atoms with E-state index in [9.17, 15) is 0 Å². The summed E-state index contributed by atoms with van der Waals surface area (Å²) in [6, 6.07) is 9.09. The van der Waals surface area contributed by atoms with Gasteiger partial charge in [0.2, 0.25) is 0 Å². The molecule has 102 valence electrons. The summed E-state index contributed by atoms with van der Waals surface area (Å²) in [6.07, 6.45) is 1.23. The lowest BCUT2D eigenvalue weighted by atomic mass is 9.69. The van der Waals surface area contributed by atoms with E-state index >= 15 is 0 Å². The van der Waals surface area contributed by atoms with Crippen molar-refractivity contribution in [2.45, 2.75) is 59.2 Å². The predicted molar refractivity (Wildman–Crippen MR) is 85.3 cm³/mol. The molecule has 1 aromatic carbocycles. The Hall–Kier alpha value is -0.300. The highest BCUT2D eigenvalue weighted by molar-refractivity contribution is 9.08. The molecule has 0 amide bonds. The van der Waals surface area contributed by atoms with Crippen molar-refractivity contribution in [1.29, 1.82) is 0 Å². The molecule has 0 fully saturated rings. The molecule has 1 unspecified atom stereocenters. The molecule has 0 nitrogen and oxygen atoms in total. The summed E-state index contributed by atoms with van der Waals surface area (Å²) < 4.78 is 0. The van der Waals surface area contributed by atoms with Crippen LogP contribution in [0.1, 0.15) is 65.0 Å². The van der Waals surface area contributed by atoms with Crippen molar-refractivity contribution in [2.75, 3.05) is 0 Å². The van der Waals surface area contributed by atoms with Gasteiger partial charge in [-0.1, -0.05) is 81.7 Å². The van der Waals surface area contributed by atoms with E-state index in [1.165, 1.54) is 17.5 Å². The van der Waals surface area contributed by atoms with Crippen LogP contribution in [0.5, 0.6) is 0 Å². The zero-order valence-corrected chi connectivity index (χ0v) is 14.3. The summed E-state index contributed by atoms with van der Waals surface area (Å²) in [6.45, 7) is 14.0. The second-order valence-corrected chi connectivity index (χ2v) is 8.12. The Bertz CT molecular complexity index is 362. The van der Waals surface area contributed by atoms with Crippen LogP contribution in [0, 0.1) is 10.8 Å².